The number of hydrogen-bond donors (Lipinski definition) is 3. The highest BCUT2D eigenvalue weighted by Crippen LogP contribution is 2.26. The van der Waals surface area contributed by atoms with Gasteiger partial charge in [0.2, 0.25) is 11.9 Å². The van der Waals surface area contributed by atoms with Gasteiger partial charge in [-0.3, -0.25) is 4.79 Å². The van der Waals surface area contributed by atoms with Crippen LogP contribution in [0.3, 0.4) is 0 Å². The standard InChI is InChI=1S/C18H27N7O/c1-11-10-12(2)21-17-15(11)16(20-7-4-14(19)26)23-18(24-17)22-13-5-8-25(3)9-6-13/h10,13H,4-9H2,1-3H3,(H2,19,26)(H2,20,21,22,23,24). The number of aromatic nitrogens is 3. The number of nitrogens with two attached hydrogens (primary N) is 1. The number of aryl methyl sites for hydroxylation is 2. The Kier molecular flexibility index (Phi) is 5.51. The molecule has 26 heavy (non-hydrogen) atoms. The van der Waals surface area contributed by atoms with Crippen molar-refractivity contribution in [2.45, 2.75) is 39.2 Å². The summed E-state index contributed by atoms with van der Waals surface area (Å²) in [6.45, 7) is 6.53. The summed E-state index contributed by atoms with van der Waals surface area (Å²) in [5, 5.41) is 7.56. The molecule has 4 N–H and O–H groups in total. The van der Waals surface area contributed by atoms with Crippen LogP contribution in [0.25, 0.3) is 11.0 Å². The molecule has 2 aromatic heterocycles. The van der Waals surface area contributed by atoms with Crippen molar-refractivity contribution < 1.29 is 4.79 Å². The minimum Gasteiger partial charge on any atom is -0.370 e. The minimum absolute atomic E-state index is 0.252. The van der Waals surface area contributed by atoms with E-state index >= 15 is 0 Å². The number of piperidine rings is 1. The van der Waals surface area contributed by atoms with Crippen LogP contribution >= 0.6 is 0 Å². The summed E-state index contributed by atoms with van der Waals surface area (Å²) in [6, 6.07) is 2.36. The van der Waals surface area contributed by atoms with E-state index in [9.17, 15) is 4.79 Å². The van der Waals surface area contributed by atoms with Crippen LogP contribution in [0.4, 0.5) is 11.8 Å². The Hall–Kier alpha value is -2.48. The second kappa shape index (κ2) is 7.82. The average Bonchev–Trinajstić information content (AvgIpc) is 2.55. The summed E-state index contributed by atoms with van der Waals surface area (Å²) in [5.74, 6) is 0.925. The van der Waals surface area contributed by atoms with E-state index in [0.717, 1.165) is 42.6 Å². The zero-order valence-electron chi connectivity index (χ0n) is 15.7. The van der Waals surface area contributed by atoms with Crippen LogP contribution in [0.1, 0.15) is 30.5 Å². The highest BCUT2D eigenvalue weighted by molar-refractivity contribution is 5.90. The minimum atomic E-state index is -0.341. The van der Waals surface area contributed by atoms with Crippen molar-refractivity contribution in [3.05, 3.63) is 17.3 Å². The number of rotatable bonds is 6. The Morgan fingerprint density at radius 3 is 2.69 bits per heavy atom. The maximum absolute atomic E-state index is 11.0. The second-order valence-corrected chi connectivity index (χ2v) is 7.04. The third-order valence-electron chi connectivity index (χ3n) is 4.71. The number of carbonyl (C=O) groups excluding carboxylic acids is 1. The average molecular weight is 357 g/mol. The molecule has 1 fully saturated rings. The Bertz CT molecular complexity index is 800. The van der Waals surface area contributed by atoms with Crippen LogP contribution in [0.2, 0.25) is 0 Å². The lowest BCUT2D eigenvalue weighted by molar-refractivity contribution is -0.117. The summed E-state index contributed by atoms with van der Waals surface area (Å²) in [5.41, 5.74) is 7.88. The molecule has 1 aliphatic heterocycles. The molecule has 0 bridgehead atoms. The van der Waals surface area contributed by atoms with Gasteiger partial charge < -0.3 is 21.3 Å². The number of primary amides is 1. The van der Waals surface area contributed by atoms with Gasteiger partial charge in [0, 0.05) is 24.7 Å². The topological polar surface area (TPSA) is 109 Å². The van der Waals surface area contributed by atoms with Crippen molar-refractivity contribution in [2.24, 2.45) is 5.73 Å². The van der Waals surface area contributed by atoms with Gasteiger partial charge in [-0.1, -0.05) is 0 Å². The second-order valence-electron chi connectivity index (χ2n) is 7.04. The van der Waals surface area contributed by atoms with Gasteiger partial charge in [0.25, 0.3) is 0 Å². The summed E-state index contributed by atoms with van der Waals surface area (Å²) < 4.78 is 0. The number of anilines is 2. The molecule has 1 saturated heterocycles. The number of carbonyl (C=O) groups is 1. The highest BCUT2D eigenvalue weighted by Gasteiger charge is 2.19. The third kappa shape index (κ3) is 4.37. The van der Waals surface area contributed by atoms with Gasteiger partial charge >= 0.3 is 0 Å². The van der Waals surface area contributed by atoms with Crippen LogP contribution in [-0.2, 0) is 4.79 Å². The molecule has 0 aromatic carbocycles. The van der Waals surface area contributed by atoms with E-state index in [1.54, 1.807) is 0 Å². The van der Waals surface area contributed by atoms with Crippen LogP contribution in [0, 0.1) is 13.8 Å². The van der Waals surface area contributed by atoms with Crippen LogP contribution < -0.4 is 16.4 Å². The predicted octanol–water partition coefficient (Wildman–Crippen LogP) is 1.44. The molecule has 0 unspecified atom stereocenters. The Morgan fingerprint density at radius 2 is 2.00 bits per heavy atom. The monoisotopic (exact) mass is 357 g/mol. The van der Waals surface area contributed by atoms with Crippen LogP contribution in [0.15, 0.2) is 6.07 Å². The summed E-state index contributed by atoms with van der Waals surface area (Å²) in [6.07, 6.45) is 2.37. The summed E-state index contributed by atoms with van der Waals surface area (Å²) in [4.78, 5) is 27.2. The van der Waals surface area contributed by atoms with E-state index in [4.69, 9.17) is 5.73 Å². The van der Waals surface area contributed by atoms with Gasteiger partial charge in [-0.15, -0.1) is 0 Å². The lowest BCUT2D eigenvalue weighted by atomic mass is 10.1. The number of nitrogens with one attached hydrogen (secondary N) is 2. The quantitative estimate of drug-likeness (QED) is 0.717. The van der Waals surface area contributed by atoms with Gasteiger partial charge in [-0.25, -0.2) is 4.98 Å². The van der Waals surface area contributed by atoms with Crippen molar-refractivity contribution >= 4 is 28.7 Å². The van der Waals surface area contributed by atoms with E-state index in [2.05, 4.69) is 37.5 Å². The molecule has 3 rings (SSSR count). The predicted molar refractivity (Wildman–Crippen MR) is 103 cm³/mol. The van der Waals surface area contributed by atoms with Crippen LogP contribution in [0.5, 0.6) is 0 Å². The van der Waals surface area contributed by atoms with E-state index in [-0.39, 0.29) is 12.3 Å². The molecule has 2 aromatic rings. The molecule has 0 spiro atoms. The number of hydrogen-bond acceptors (Lipinski definition) is 7. The third-order valence-corrected chi connectivity index (χ3v) is 4.71. The van der Waals surface area contributed by atoms with E-state index in [0.29, 0.717) is 30.0 Å². The highest BCUT2D eigenvalue weighted by atomic mass is 16.1. The normalized spacial score (nSPS) is 16.0. The zero-order chi connectivity index (χ0) is 18.7. The molecule has 8 heteroatoms. The van der Waals surface area contributed by atoms with Crippen molar-refractivity contribution in [3.8, 4) is 0 Å². The largest absolute Gasteiger partial charge is 0.370 e. The Labute approximate surface area is 153 Å². The molecule has 1 aliphatic rings. The van der Waals surface area contributed by atoms with Gasteiger partial charge in [0.15, 0.2) is 5.65 Å². The Morgan fingerprint density at radius 1 is 1.27 bits per heavy atom. The molecule has 0 radical (unpaired) electrons. The first-order valence-electron chi connectivity index (χ1n) is 9.05. The van der Waals surface area contributed by atoms with Gasteiger partial charge in [0.1, 0.15) is 5.82 Å². The zero-order valence-corrected chi connectivity index (χ0v) is 15.7. The molecule has 8 nitrogen and oxygen atoms in total. The van der Waals surface area contributed by atoms with Crippen molar-refractivity contribution in [1.82, 2.24) is 19.9 Å². The smallest absolute Gasteiger partial charge is 0.226 e. The fourth-order valence-corrected chi connectivity index (χ4v) is 3.31. The molecule has 0 aliphatic carbocycles. The van der Waals surface area contributed by atoms with Gasteiger partial charge in [0.05, 0.1) is 5.39 Å². The molecule has 0 atom stereocenters. The first-order chi connectivity index (χ1) is 12.4. The van der Waals surface area contributed by atoms with E-state index in [1.165, 1.54) is 0 Å². The van der Waals surface area contributed by atoms with Crippen molar-refractivity contribution in [3.63, 3.8) is 0 Å². The molecule has 3 heterocycles. The number of pyridine rings is 1. The summed E-state index contributed by atoms with van der Waals surface area (Å²) >= 11 is 0. The number of amides is 1. The van der Waals surface area contributed by atoms with Crippen molar-refractivity contribution in [2.75, 3.05) is 37.3 Å². The SMILES string of the molecule is Cc1cc(C)c2c(NCCC(N)=O)nc(NC3CCN(C)CC3)nc2n1. The summed E-state index contributed by atoms with van der Waals surface area (Å²) in [7, 11) is 2.14. The lowest BCUT2D eigenvalue weighted by Crippen LogP contribution is -2.37. The van der Waals surface area contributed by atoms with Gasteiger partial charge in [-0.2, -0.15) is 9.97 Å². The fraction of sp³-hybridized carbons (Fsp3) is 0.556. The van der Waals surface area contributed by atoms with Crippen molar-refractivity contribution in [1.29, 1.82) is 0 Å². The molecular formula is C18H27N7O. The number of likely N-dealkylation sites (tertiary alicyclic amines) is 1. The molecule has 0 saturated carbocycles. The Balaban J connectivity index is 1.89. The van der Waals surface area contributed by atoms with E-state index < -0.39 is 0 Å². The lowest BCUT2D eigenvalue weighted by Gasteiger charge is -2.29. The number of fused-ring (bicyclic) bond motifs is 1. The van der Waals surface area contributed by atoms with Gasteiger partial charge in [-0.05, 0) is 58.5 Å². The maximum atomic E-state index is 11.0. The molecule has 140 valence electrons. The van der Waals surface area contributed by atoms with E-state index in [1.807, 2.05) is 19.9 Å². The molecule has 1 amide bonds. The maximum Gasteiger partial charge on any atom is 0.226 e. The fourth-order valence-electron chi connectivity index (χ4n) is 3.31. The first-order valence-corrected chi connectivity index (χ1v) is 9.05. The molecular weight excluding hydrogens is 330 g/mol. The first kappa shape index (κ1) is 18.3. The number of nitrogens with zero attached hydrogens (tertiary/aromatic N) is 4. The van der Waals surface area contributed by atoms with Crippen LogP contribution in [-0.4, -0.2) is 58.5 Å².